The minimum absolute atomic E-state index is 0.107. The summed E-state index contributed by atoms with van der Waals surface area (Å²) in [7, 11) is 1.46. The van der Waals surface area contributed by atoms with Crippen LogP contribution in [-0.2, 0) is 17.8 Å². The summed E-state index contributed by atoms with van der Waals surface area (Å²) < 4.78 is 18.9. The maximum Gasteiger partial charge on any atom is 0.228 e. The lowest BCUT2D eigenvalue weighted by Gasteiger charge is -2.34. The Morgan fingerprint density at radius 2 is 1.87 bits per heavy atom. The van der Waals surface area contributed by atoms with Crippen molar-refractivity contribution in [1.82, 2.24) is 14.8 Å². The Hall–Kier alpha value is -2.77. The molecule has 0 bridgehead atoms. The van der Waals surface area contributed by atoms with E-state index in [9.17, 15) is 9.18 Å². The number of benzene rings is 2. The molecule has 1 aliphatic heterocycles. The predicted molar refractivity (Wildman–Crippen MR) is 121 cm³/mol. The molecule has 2 heterocycles. The number of halogens is 1. The van der Waals surface area contributed by atoms with Crippen LogP contribution >= 0.6 is 11.3 Å². The van der Waals surface area contributed by atoms with Gasteiger partial charge in [0.2, 0.25) is 5.91 Å². The first kappa shape index (κ1) is 21.5. The normalized spacial score (nSPS) is 14.6. The molecule has 0 unspecified atom stereocenters. The van der Waals surface area contributed by atoms with Gasteiger partial charge in [-0.05, 0) is 24.6 Å². The fourth-order valence-corrected chi connectivity index (χ4v) is 4.53. The van der Waals surface area contributed by atoms with Crippen LogP contribution in [0, 0.1) is 12.7 Å². The van der Waals surface area contributed by atoms with Crippen LogP contribution in [0.3, 0.4) is 0 Å². The maximum absolute atomic E-state index is 13.9. The van der Waals surface area contributed by atoms with E-state index in [0.29, 0.717) is 26.1 Å². The summed E-state index contributed by atoms with van der Waals surface area (Å²) in [5.74, 6) is 0.0183. The van der Waals surface area contributed by atoms with Gasteiger partial charge in [-0.1, -0.05) is 35.9 Å². The van der Waals surface area contributed by atoms with E-state index in [-0.39, 0.29) is 17.5 Å². The number of amides is 1. The predicted octanol–water partition coefficient (Wildman–Crippen LogP) is 4.15. The molecule has 1 aliphatic rings. The number of aryl methyl sites for hydroxylation is 1. The van der Waals surface area contributed by atoms with E-state index in [4.69, 9.17) is 4.74 Å². The zero-order chi connectivity index (χ0) is 21.8. The summed E-state index contributed by atoms with van der Waals surface area (Å²) in [6, 6.07) is 13.3. The first-order valence-electron chi connectivity index (χ1n) is 10.4. The molecule has 4 rings (SSSR count). The lowest BCUT2D eigenvalue weighted by Crippen LogP contribution is -2.48. The van der Waals surface area contributed by atoms with Gasteiger partial charge in [-0.25, -0.2) is 9.37 Å². The Labute approximate surface area is 186 Å². The number of ether oxygens (including phenoxy) is 1. The third-order valence-corrected chi connectivity index (χ3v) is 6.47. The van der Waals surface area contributed by atoms with Gasteiger partial charge in [0.15, 0.2) is 11.6 Å². The van der Waals surface area contributed by atoms with Crippen LogP contribution in [0.2, 0.25) is 0 Å². The quantitative estimate of drug-likeness (QED) is 0.579. The molecule has 0 spiro atoms. The van der Waals surface area contributed by atoms with Crippen LogP contribution in [0.25, 0.3) is 10.6 Å². The lowest BCUT2D eigenvalue weighted by molar-refractivity contribution is -0.132. The molecule has 162 valence electrons. The van der Waals surface area contributed by atoms with E-state index in [1.165, 1.54) is 18.7 Å². The van der Waals surface area contributed by atoms with Crippen molar-refractivity contribution >= 4 is 17.2 Å². The van der Waals surface area contributed by atoms with Crippen molar-refractivity contribution in [3.8, 4) is 16.3 Å². The van der Waals surface area contributed by atoms with Crippen molar-refractivity contribution in [2.75, 3.05) is 33.3 Å². The Bertz CT molecular complexity index is 1040. The zero-order valence-electron chi connectivity index (χ0n) is 17.8. The van der Waals surface area contributed by atoms with Crippen LogP contribution < -0.4 is 4.74 Å². The molecule has 5 nitrogen and oxygen atoms in total. The molecule has 3 aromatic rings. The summed E-state index contributed by atoms with van der Waals surface area (Å²) in [6.45, 7) is 5.61. The Kier molecular flexibility index (Phi) is 6.63. The molecule has 7 heteroatoms. The molecule has 0 saturated carbocycles. The number of carbonyl (C=O) groups is 1. The maximum atomic E-state index is 13.9. The Morgan fingerprint density at radius 1 is 1.13 bits per heavy atom. The molecule has 1 fully saturated rings. The minimum Gasteiger partial charge on any atom is -0.494 e. The van der Waals surface area contributed by atoms with E-state index in [2.05, 4.69) is 41.1 Å². The molecule has 1 aromatic heterocycles. The van der Waals surface area contributed by atoms with Crippen molar-refractivity contribution in [2.45, 2.75) is 19.9 Å². The average molecular weight is 440 g/mol. The van der Waals surface area contributed by atoms with E-state index >= 15 is 0 Å². The van der Waals surface area contributed by atoms with Crippen molar-refractivity contribution in [3.63, 3.8) is 0 Å². The van der Waals surface area contributed by atoms with Crippen LogP contribution in [0.4, 0.5) is 4.39 Å². The SMILES string of the molecule is COc1ccc(CN2CCN(C(=O)Cc3csc(-c4ccc(C)cc4)n3)CC2)cc1F. The Morgan fingerprint density at radius 3 is 2.55 bits per heavy atom. The number of rotatable bonds is 6. The number of piperazine rings is 1. The van der Waals surface area contributed by atoms with Crippen molar-refractivity contribution in [3.05, 3.63) is 70.5 Å². The molecule has 1 saturated heterocycles. The zero-order valence-corrected chi connectivity index (χ0v) is 18.6. The number of hydrogen-bond donors (Lipinski definition) is 0. The van der Waals surface area contributed by atoms with Gasteiger partial charge in [-0.2, -0.15) is 0 Å². The van der Waals surface area contributed by atoms with Gasteiger partial charge in [0.1, 0.15) is 5.01 Å². The monoisotopic (exact) mass is 439 g/mol. The molecule has 31 heavy (non-hydrogen) atoms. The number of carbonyl (C=O) groups excluding carboxylic acids is 1. The van der Waals surface area contributed by atoms with Gasteiger partial charge >= 0.3 is 0 Å². The number of methoxy groups -OCH3 is 1. The van der Waals surface area contributed by atoms with Gasteiger partial charge in [-0.3, -0.25) is 9.69 Å². The van der Waals surface area contributed by atoms with Crippen molar-refractivity contribution < 1.29 is 13.9 Å². The van der Waals surface area contributed by atoms with E-state index < -0.39 is 0 Å². The first-order valence-corrected chi connectivity index (χ1v) is 11.2. The first-order chi connectivity index (χ1) is 15.0. The third-order valence-electron chi connectivity index (χ3n) is 5.53. The second kappa shape index (κ2) is 9.58. The van der Waals surface area contributed by atoms with Crippen molar-refractivity contribution in [1.29, 1.82) is 0 Å². The number of aromatic nitrogens is 1. The summed E-state index contributed by atoms with van der Waals surface area (Å²) in [5.41, 5.74) is 4.02. The highest BCUT2D eigenvalue weighted by molar-refractivity contribution is 7.13. The highest BCUT2D eigenvalue weighted by atomic mass is 32.1. The summed E-state index contributed by atoms with van der Waals surface area (Å²) in [4.78, 5) is 21.5. The molecule has 2 aromatic carbocycles. The smallest absolute Gasteiger partial charge is 0.228 e. The molecule has 0 radical (unpaired) electrons. The lowest BCUT2D eigenvalue weighted by atomic mass is 10.1. The van der Waals surface area contributed by atoms with E-state index in [1.54, 1.807) is 17.4 Å². The van der Waals surface area contributed by atoms with Crippen LogP contribution in [0.15, 0.2) is 47.8 Å². The van der Waals surface area contributed by atoms with E-state index in [1.807, 2.05) is 16.3 Å². The standard InChI is InChI=1S/C24H26FN3O2S/c1-17-3-6-19(7-4-17)24-26-20(16-31-24)14-23(29)28-11-9-27(10-12-28)15-18-5-8-22(30-2)21(25)13-18/h3-8,13,16H,9-12,14-15H2,1-2H3. The van der Waals surface area contributed by atoms with Gasteiger partial charge in [0.25, 0.3) is 0 Å². The molecule has 0 N–H and O–H groups in total. The molecule has 1 amide bonds. The summed E-state index contributed by atoms with van der Waals surface area (Å²) in [6.07, 6.45) is 0.325. The number of thiazole rings is 1. The molecular weight excluding hydrogens is 413 g/mol. The van der Waals surface area contributed by atoms with Gasteiger partial charge < -0.3 is 9.64 Å². The van der Waals surface area contributed by atoms with E-state index in [0.717, 1.165) is 34.9 Å². The highest BCUT2D eigenvalue weighted by Crippen LogP contribution is 2.24. The summed E-state index contributed by atoms with van der Waals surface area (Å²) in [5, 5.41) is 2.92. The van der Waals surface area contributed by atoms with Crippen LogP contribution in [-0.4, -0.2) is 54.0 Å². The Balaban J connectivity index is 1.28. The van der Waals surface area contributed by atoms with Gasteiger partial charge in [0.05, 0.1) is 19.2 Å². The summed E-state index contributed by atoms with van der Waals surface area (Å²) >= 11 is 1.57. The average Bonchev–Trinajstić information content (AvgIpc) is 3.23. The second-order valence-electron chi connectivity index (χ2n) is 7.81. The third kappa shape index (κ3) is 5.29. The molecular formula is C24H26FN3O2S. The molecule has 0 aliphatic carbocycles. The van der Waals surface area contributed by atoms with Crippen LogP contribution in [0.1, 0.15) is 16.8 Å². The fraction of sp³-hybridized carbons (Fsp3) is 0.333. The van der Waals surface area contributed by atoms with Gasteiger partial charge in [0, 0.05) is 43.7 Å². The van der Waals surface area contributed by atoms with Crippen LogP contribution in [0.5, 0.6) is 5.75 Å². The fourth-order valence-electron chi connectivity index (χ4n) is 3.71. The van der Waals surface area contributed by atoms with Crippen molar-refractivity contribution in [2.24, 2.45) is 0 Å². The molecule has 0 atom stereocenters. The number of hydrogen-bond acceptors (Lipinski definition) is 5. The van der Waals surface area contributed by atoms with Gasteiger partial charge in [-0.15, -0.1) is 11.3 Å². The second-order valence-corrected chi connectivity index (χ2v) is 8.67. The minimum atomic E-state index is -0.345. The topological polar surface area (TPSA) is 45.7 Å². The number of nitrogens with zero attached hydrogens (tertiary/aromatic N) is 3. The largest absolute Gasteiger partial charge is 0.494 e. The highest BCUT2D eigenvalue weighted by Gasteiger charge is 2.22.